The summed E-state index contributed by atoms with van der Waals surface area (Å²) in [6.07, 6.45) is -14.8. The molecule has 15 atom stereocenters. The fraction of sp³-hybridized carbons (Fsp3) is 0.889. The molecule has 39 nitrogen and oxygen atoms in total. The number of aliphatic hydroxyl groups is 9. The Morgan fingerprint density at radius 2 is 0.608 bits per heavy atom. The molecule has 0 aromatic carbocycles. The van der Waals surface area contributed by atoms with Crippen LogP contribution in [0.2, 0.25) is 0 Å². The Bertz CT molecular complexity index is 2080. The first kappa shape index (κ1) is 91.5. The quantitative estimate of drug-likeness (QED) is 0.0252. The number of carbonyl (C=O) groups is 7. The van der Waals surface area contributed by atoms with Gasteiger partial charge in [0.2, 0.25) is 41.4 Å². The van der Waals surface area contributed by atoms with Crippen LogP contribution in [0.4, 0.5) is 0 Å². The van der Waals surface area contributed by atoms with Gasteiger partial charge in [-0.05, 0) is 32.2 Å². The van der Waals surface area contributed by atoms with Gasteiger partial charge in [-0.15, -0.1) is 0 Å². The van der Waals surface area contributed by atoms with Crippen LogP contribution in [0.15, 0.2) is 0 Å². The summed E-state index contributed by atoms with van der Waals surface area (Å²) in [5, 5.41) is 112. The average molecular weight is 1480 g/mol. The molecule has 0 spiro atoms. The zero-order valence-corrected chi connectivity index (χ0v) is 59.1. The molecule has 0 saturated carbocycles. The van der Waals surface area contributed by atoms with E-state index in [1.807, 2.05) is 6.92 Å². The van der Waals surface area contributed by atoms with Gasteiger partial charge in [0, 0.05) is 65.2 Å². The fourth-order valence-corrected chi connectivity index (χ4v) is 10.5. The summed E-state index contributed by atoms with van der Waals surface area (Å²) in [6.45, 7) is 7.92. The molecule has 3 heterocycles. The van der Waals surface area contributed by atoms with Gasteiger partial charge in [0.15, 0.2) is 18.9 Å². The van der Waals surface area contributed by atoms with Crippen LogP contribution in [0, 0.1) is 0 Å². The van der Waals surface area contributed by atoms with Crippen molar-refractivity contribution in [2.24, 2.45) is 0 Å². The average Bonchev–Trinajstić information content (AvgIpc) is 0.830. The second-order valence-corrected chi connectivity index (χ2v) is 24.0. The van der Waals surface area contributed by atoms with Gasteiger partial charge in [0.1, 0.15) is 73.1 Å². The molecule has 0 bridgehead atoms. The minimum absolute atomic E-state index is 0.00237. The third kappa shape index (κ3) is 38.0. The molecule has 3 aliphatic rings. The van der Waals surface area contributed by atoms with Crippen molar-refractivity contribution in [3.8, 4) is 0 Å². The van der Waals surface area contributed by atoms with E-state index >= 15 is 0 Å². The molecular formula is C63H116N8O31. The molecule has 102 heavy (non-hydrogen) atoms. The molecule has 0 radical (unpaired) electrons. The molecular weight excluding hydrogens is 1360 g/mol. The molecule has 39 heteroatoms. The maximum atomic E-state index is 13.5. The van der Waals surface area contributed by atoms with E-state index in [2.05, 4.69) is 42.5 Å². The van der Waals surface area contributed by atoms with Crippen molar-refractivity contribution in [1.82, 2.24) is 42.5 Å². The topological polar surface area (TPSA) is 536 Å². The van der Waals surface area contributed by atoms with Crippen LogP contribution in [0.25, 0.3) is 0 Å². The normalized spacial score (nSPS) is 25.6. The molecule has 0 aromatic rings. The minimum Gasteiger partial charge on any atom is -0.394 e. The molecule has 0 aromatic heterocycles. The zero-order valence-electron chi connectivity index (χ0n) is 59.1. The van der Waals surface area contributed by atoms with E-state index in [1.54, 1.807) is 0 Å². The highest BCUT2D eigenvalue weighted by molar-refractivity contribution is 5.81. The van der Waals surface area contributed by atoms with Gasteiger partial charge >= 0.3 is 0 Å². The van der Waals surface area contributed by atoms with E-state index in [0.29, 0.717) is 6.54 Å². The highest BCUT2D eigenvalue weighted by atomic mass is 16.7. The number of rotatable bonds is 59. The van der Waals surface area contributed by atoms with E-state index in [9.17, 15) is 79.5 Å². The van der Waals surface area contributed by atoms with Crippen LogP contribution in [0.1, 0.15) is 72.6 Å². The Labute approximate surface area is 594 Å². The Morgan fingerprint density at radius 1 is 0.353 bits per heavy atom. The number of nitrogens with one attached hydrogen (secondary N) is 8. The first-order valence-electron chi connectivity index (χ1n) is 34.7. The Balaban J connectivity index is 1.43. The van der Waals surface area contributed by atoms with Crippen LogP contribution in [-0.2, 0) is 105 Å². The van der Waals surface area contributed by atoms with Gasteiger partial charge in [-0.1, -0.05) is 6.92 Å². The van der Waals surface area contributed by atoms with Crippen molar-refractivity contribution < 1.29 is 151 Å². The molecule has 15 unspecified atom stereocenters. The molecule has 3 saturated heterocycles. The van der Waals surface area contributed by atoms with E-state index in [4.69, 9.17) is 71.1 Å². The third-order valence-corrected chi connectivity index (χ3v) is 15.8. The second kappa shape index (κ2) is 54.8. The standard InChI is InChI=1S/C63H116N8O31/c1-5-12-64-37-50(81)71-63(9-6-47(78)65-13-16-88-19-22-91-25-28-94-31-34-97-60-51(68-41(2)75)57(85)54(82)44(38-72)100-60,10-7-48(79)66-14-17-89-20-23-92-26-29-95-32-35-98-61-52(69-42(3)76)58(86)55(83)45(39-73)101-61)11-8-49(80)67-15-18-90-21-24-93-27-30-96-33-36-99-62-53(70-43(4)77)59(87)56(84)46(40-74)102-62/h44-46,51-62,64,72-74,82-87H,5-40H2,1-4H3,(H,65,78)(H,66,79)(H,67,80)(H,68,75)(H,69,76)(H,70,77)(H,71,81). The summed E-state index contributed by atoms with van der Waals surface area (Å²) in [6, 6.07) is -3.23. The van der Waals surface area contributed by atoms with Crippen LogP contribution in [-0.4, -0.2) is 376 Å². The first-order chi connectivity index (χ1) is 49.1. The Morgan fingerprint density at radius 3 is 0.853 bits per heavy atom. The maximum Gasteiger partial charge on any atom is 0.234 e. The van der Waals surface area contributed by atoms with Crippen molar-refractivity contribution in [3.63, 3.8) is 0 Å². The van der Waals surface area contributed by atoms with Gasteiger partial charge < -0.3 is 160 Å². The van der Waals surface area contributed by atoms with Crippen molar-refractivity contribution in [2.75, 3.05) is 191 Å². The largest absolute Gasteiger partial charge is 0.394 e. The third-order valence-electron chi connectivity index (χ3n) is 15.8. The predicted molar refractivity (Wildman–Crippen MR) is 352 cm³/mol. The lowest BCUT2D eigenvalue weighted by molar-refractivity contribution is -0.272. The number of carbonyl (C=O) groups excluding carboxylic acids is 7. The number of amides is 7. The van der Waals surface area contributed by atoms with Crippen LogP contribution < -0.4 is 42.5 Å². The highest BCUT2D eigenvalue weighted by Gasteiger charge is 2.48. The monoisotopic (exact) mass is 1480 g/mol. The Kier molecular flexibility index (Phi) is 49.2. The van der Waals surface area contributed by atoms with E-state index in [-0.39, 0.29) is 221 Å². The molecule has 7 amide bonds. The predicted octanol–water partition coefficient (Wildman–Crippen LogP) is -8.44. The summed E-state index contributed by atoms with van der Waals surface area (Å²) >= 11 is 0. The van der Waals surface area contributed by atoms with Crippen molar-refractivity contribution in [1.29, 1.82) is 0 Å². The first-order valence-corrected chi connectivity index (χ1v) is 34.7. The van der Waals surface area contributed by atoms with E-state index in [0.717, 1.165) is 6.42 Å². The summed E-state index contributed by atoms with van der Waals surface area (Å²) in [5.41, 5.74) is -1.20. The number of aliphatic hydroxyl groups excluding tert-OH is 9. The molecule has 17 N–H and O–H groups in total. The van der Waals surface area contributed by atoms with Crippen molar-refractivity contribution in [3.05, 3.63) is 0 Å². The number of ether oxygens (including phenoxy) is 15. The molecule has 3 rings (SSSR count). The Hall–Kier alpha value is -4.71. The second-order valence-electron chi connectivity index (χ2n) is 24.0. The molecule has 594 valence electrons. The van der Waals surface area contributed by atoms with Gasteiger partial charge in [-0.25, -0.2) is 0 Å². The van der Waals surface area contributed by atoms with Gasteiger partial charge in [-0.2, -0.15) is 0 Å². The number of hydrogen-bond donors (Lipinski definition) is 17. The maximum absolute atomic E-state index is 13.5. The minimum atomic E-state index is -1.44. The molecule has 0 aliphatic carbocycles. The summed E-state index contributed by atoms with van der Waals surface area (Å²) in [5.74, 6) is -2.94. The number of hydrogen-bond acceptors (Lipinski definition) is 32. The summed E-state index contributed by atoms with van der Waals surface area (Å²) in [4.78, 5) is 88.7. The van der Waals surface area contributed by atoms with Gasteiger partial charge in [-0.3, -0.25) is 33.6 Å². The van der Waals surface area contributed by atoms with Crippen molar-refractivity contribution >= 4 is 41.4 Å². The smallest absolute Gasteiger partial charge is 0.234 e. The molecule has 3 aliphatic heterocycles. The van der Waals surface area contributed by atoms with E-state index in [1.165, 1.54) is 20.8 Å². The fourth-order valence-electron chi connectivity index (χ4n) is 10.5. The van der Waals surface area contributed by atoms with Gasteiger partial charge in [0.25, 0.3) is 0 Å². The lowest BCUT2D eigenvalue weighted by Gasteiger charge is -2.42. The lowest BCUT2D eigenvalue weighted by Crippen LogP contribution is -2.64. The zero-order chi connectivity index (χ0) is 74.9. The van der Waals surface area contributed by atoms with Crippen LogP contribution in [0.3, 0.4) is 0 Å². The lowest BCUT2D eigenvalue weighted by atomic mass is 9.83. The summed E-state index contributed by atoms with van der Waals surface area (Å²) < 4.78 is 83.6. The SMILES string of the molecule is CCCNCC(=O)NC(CCC(=O)NCCOCCOCCOCCOC1OC(CO)C(O)C(O)C1NC(C)=O)(CCC(=O)NCCOCCOCCOCCOC1OC(CO)C(O)C(O)C1NC(C)=O)CCC(=O)NCCOCCOCCOCCOC1OC(CO)C(O)C(O)C1NC(C)=O. The van der Waals surface area contributed by atoms with Gasteiger partial charge in [0.05, 0.1) is 165 Å². The van der Waals surface area contributed by atoms with Crippen LogP contribution >= 0.6 is 0 Å². The highest BCUT2D eigenvalue weighted by Crippen LogP contribution is 2.28. The van der Waals surface area contributed by atoms with Crippen LogP contribution in [0.5, 0.6) is 0 Å². The van der Waals surface area contributed by atoms with E-state index < -0.39 is 141 Å². The van der Waals surface area contributed by atoms with Crippen molar-refractivity contribution in [2.45, 2.75) is 170 Å². The molecule has 3 fully saturated rings. The summed E-state index contributed by atoms with van der Waals surface area (Å²) in [7, 11) is 0.